The van der Waals surface area contributed by atoms with Gasteiger partial charge in [0.1, 0.15) is 17.0 Å². The van der Waals surface area contributed by atoms with E-state index in [1.807, 2.05) is 16.7 Å². The fourth-order valence-corrected chi connectivity index (χ4v) is 6.45. The molecule has 184 valence electrons. The molecule has 3 aromatic rings. The van der Waals surface area contributed by atoms with Gasteiger partial charge >= 0.3 is 0 Å². The van der Waals surface area contributed by atoms with Crippen molar-refractivity contribution < 1.29 is 9.59 Å². The second-order valence-corrected chi connectivity index (χ2v) is 10.6. The van der Waals surface area contributed by atoms with Gasteiger partial charge in [0.25, 0.3) is 5.91 Å². The lowest BCUT2D eigenvalue weighted by Gasteiger charge is -2.20. The summed E-state index contributed by atoms with van der Waals surface area (Å²) < 4.78 is 0. The zero-order chi connectivity index (χ0) is 24.2. The van der Waals surface area contributed by atoms with Crippen LogP contribution < -0.4 is 5.32 Å². The van der Waals surface area contributed by atoms with Gasteiger partial charge in [-0.05, 0) is 56.1 Å². The molecule has 8 heteroatoms. The third-order valence-corrected chi connectivity index (χ3v) is 8.46. The number of carbonyl (C=O) groups is 2. The molecule has 0 saturated carbocycles. The number of hydrogen-bond acceptors (Lipinski definition) is 6. The van der Waals surface area contributed by atoms with Gasteiger partial charge in [-0.25, -0.2) is 9.97 Å². The lowest BCUT2D eigenvalue weighted by molar-refractivity contribution is -0.127. The van der Waals surface area contributed by atoms with E-state index in [4.69, 9.17) is 0 Å². The van der Waals surface area contributed by atoms with Crippen LogP contribution in [0.25, 0.3) is 10.2 Å². The number of benzene rings is 1. The third-order valence-electron chi connectivity index (χ3n) is 7.28. The maximum Gasteiger partial charge on any atom is 0.264 e. The number of likely N-dealkylation sites (tertiary alicyclic amines) is 2. The van der Waals surface area contributed by atoms with Gasteiger partial charge < -0.3 is 15.1 Å². The molecule has 4 heterocycles. The van der Waals surface area contributed by atoms with Crippen molar-refractivity contribution in [3.8, 4) is 0 Å². The van der Waals surface area contributed by atoms with Crippen molar-refractivity contribution >= 4 is 39.2 Å². The maximum absolute atomic E-state index is 13.6. The molecule has 0 radical (unpaired) electrons. The van der Waals surface area contributed by atoms with Gasteiger partial charge in [-0.15, -0.1) is 11.3 Å². The van der Waals surface area contributed by atoms with Crippen molar-refractivity contribution in [2.45, 2.75) is 51.4 Å². The van der Waals surface area contributed by atoms with Crippen molar-refractivity contribution in [3.63, 3.8) is 0 Å². The fourth-order valence-electron chi connectivity index (χ4n) is 5.33. The smallest absolute Gasteiger partial charge is 0.264 e. The van der Waals surface area contributed by atoms with Gasteiger partial charge in [0.2, 0.25) is 5.91 Å². The second-order valence-electron chi connectivity index (χ2n) is 9.55. The molecule has 7 nitrogen and oxygen atoms in total. The molecule has 2 aromatic heterocycles. The standard InChI is InChI=1S/C27H33N5O2S/c1-19-23-25(28-13-7-16-31-14-6-11-22(31)33)29-18-30-26(23)35-24(19)27(34)32-15-5-10-21(12-17-32)20-8-3-2-4-9-20/h2-4,8-9,18,21H,5-7,10-17H2,1H3,(H,28,29,30). The Bertz CT molecular complexity index is 1200. The first-order chi connectivity index (χ1) is 17.1. The van der Waals surface area contributed by atoms with E-state index < -0.39 is 0 Å². The molecule has 5 rings (SSSR count). The molecule has 2 aliphatic heterocycles. The fraction of sp³-hybridized carbons (Fsp3) is 0.481. The van der Waals surface area contributed by atoms with E-state index in [2.05, 4.69) is 45.6 Å². The molecule has 2 aliphatic rings. The summed E-state index contributed by atoms with van der Waals surface area (Å²) in [5.41, 5.74) is 2.33. The molecule has 0 spiro atoms. The highest BCUT2D eigenvalue weighted by Gasteiger charge is 2.26. The molecule has 0 bridgehead atoms. The summed E-state index contributed by atoms with van der Waals surface area (Å²) in [4.78, 5) is 39.9. The minimum atomic E-state index is 0.109. The van der Waals surface area contributed by atoms with Crippen LogP contribution in [0.5, 0.6) is 0 Å². The monoisotopic (exact) mass is 491 g/mol. The summed E-state index contributed by atoms with van der Waals surface area (Å²) in [6.45, 7) is 5.94. The minimum absolute atomic E-state index is 0.109. The van der Waals surface area contributed by atoms with Crippen LogP contribution in [0, 0.1) is 6.92 Å². The van der Waals surface area contributed by atoms with E-state index >= 15 is 0 Å². The predicted molar refractivity (Wildman–Crippen MR) is 140 cm³/mol. The Morgan fingerprint density at radius 3 is 2.77 bits per heavy atom. The SMILES string of the molecule is Cc1c(C(=O)N2CCCC(c3ccccc3)CC2)sc2ncnc(NCCCN3CCCC3=O)c12. The first-order valence-electron chi connectivity index (χ1n) is 12.7. The van der Waals surface area contributed by atoms with Crippen molar-refractivity contribution in [2.75, 3.05) is 38.0 Å². The third kappa shape index (κ3) is 5.17. The van der Waals surface area contributed by atoms with Crippen LogP contribution >= 0.6 is 11.3 Å². The summed E-state index contributed by atoms with van der Waals surface area (Å²) in [5.74, 6) is 1.65. The van der Waals surface area contributed by atoms with Crippen LogP contribution in [0.4, 0.5) is 5.82 Å². The lowest BCUT2D eigenvalue weighted by Crippen LogP contribution is -2.31. The van der Waals surface area contributed by atoms with Crippen LogP contribution in [0.2, 0.25) is 0 Å². The number of aromatic nitrogens is 2. The average Bonchev–Trinajstić information content (AvgIpc) is 3.34. The Labute approximate surface area is 210 Å². The largest absolute Gasteiger partial charge is 0.369 e. The molecule has 1 unspecified atom stereocenters. The first kappa shape index (κ1) is 23.7. The number of hydrogen-bond donors (Lipinski definition) is 1. The molecule has 2 fully saturated rings. The summed E-state index contributed by atoms with van der Waals surface area (Å²) >= 11 is 1.47. The number of anilines is 1. The Kier molecular flexibility index (Phi) is 7.27. The topological polar surface area (TPSA) is 78.4 Å². The predicted octanol–water partition coefficient (Wildman–Crippen LogP) is 4.83. The van der Waals surface area contributed by atoms with Gasteiger partial charge in [0.05, 0.1) is 10.3 Å². The number of fused-ring (bicyclic) bond motifs is 1. The number of rotatable bonds is 7. The Morgan fingerprint density at radius 1 is 1.11 bits per heavy atom. The normalized spacial score (nSPS) is 18.8. The van der Waals surface area contributed by atoms with Crippen LogP contribution in [0.15, 0.2) is 36.7 Å². The molecular formula is C27H33N5O2S. The van der Waals surface area contributed by atoms with Gasteiger partial charge in [0, 0.05) is 39.1 Å². The van der Waals surface area contributed by atoms with Crippen LogP contribution in [-0.4, -0.2) is 64.3 Å². The number of nitrogens with zero attached hydrogens (tertiary/aromatic N) is 4. The van der Waals surface area contributed by atoms with Crippen molar-refractivity contribution in [3.05, 3.63) is 52.7 Å². The van der Waals surface area contributed by atoms with Gasteiger partial charge in [0.15, 0.2) is 0 Å². The molecule has 2 saturated heterocycles. The van der Waals surface area contributed by atoms with E-state index in [0.717, 1.165) is 91.3 Å². The summed E-state index contributed by atoms with van der Waals surface area (Å²) in [5, 5.41) is 4.37. The molecular weight excluding hydrogens is 458 g/mol. The maximum atomic E-state index is 13.6. The lowest BCUT2D eigenvalue weighted by atomic mass is 9.92. The molecule has 1 aromatic carbocycles. The molecule has 1 atom stereocenters. The van der Waals surface area contributed by atoms with Gasteiger partial charge in [-0.3, -0.25) is 9.59 Å². The number of amides is 2. The van der Waals surface area contributed by atoms with Crippen LogP contribution in [0.1, 0.15) is 65.2 Å². The highest BCUT2D eigenvalue weighted by atomic mass is 32.1. The number of thiophene rings is 1. The first-order valence-corrected chi connectivity index (χ1v) is 13.5. The Balaban J connectivity index is 1.26. The van der Waals surface area contributed by atoms with Gasteiger partial charge in [-0.1, -0.05) is 30.3 Å². The second kappa shape index (κ2) is 10.7. The van der Waals surface area contributed by atoms with Crippen LogP contribution in [-0.2, 0) is 4.79 Å². The molecule has 2 amide bonds. The zero-order valence-corrected chi connectivity index (χ0v) is 21.1. The highest BCUT2D eigenvalue weighted by molar-refractivity contribution is 7.20. The van der Waals surface area contributed by atoms with E-state index in [1.165, 1.54) is 16.9 Å². The van der Waals surface area contributed by atoms with E-state index in [9.17, 15) is 9.59 Å². The molecule has 0 aliphatic carbocycles. The highest BCUT2D eigenvalue weighted by Crippen LogP contribution is 2.35. The van der Waals surface area contributed by atoms with Crippen LogP contribution in [0.3, 0.4) is 0 Å². The summed E-state index contributed by atoms with van der Waals surface area (Å²) in [6.07, 6.45) is 7.19. The number of carbonyl (C=O) groups excluding carboxylic acids is 2. The van der Waals surface area contributed by atoms with E-state index in [-0.39, 0.29) is 11.8 Å². The van der Waals surface area contributed by atoms with Gasteiger partial charge in [-0.2, -0.15) is 0 Å². The molecule has 35 heavy (non-hydrogen) atoms. The average molecular weight is 492 g/mol. The van der Waals surface area contributed by atoms with Crippen molar-refractivity contribution in [1.29, 1.82) is 0 Å². The summed E-state index contributed by atoms with van der Waals surface area (Å²) in [6, 6.07) is 10.7. The van der Waals surface area contributed by atoms with Crippen molar-refractivity contribution in [1.82, 2.24) is 19.8 Å². The number of aryl methyl sites for hydroxylation is 1. The summed E-state index contributed by atoms with van der Waals surface area (Å²) in [7, 11) is 0. The van der Waals surface area contributed by atoms with E-state index in [0.29, 0.717) is 12.3 Å². The van der Waals surface area contributed by atoms with E-state index in [1.54, 1.807) is 6.33 Å². The zero-order valence-electron chi connectivity index (χ0n) is 20.3. The molecule has 1 N–H and O–H groups in total. The van der Waals surface area contributed by atoms with Crippen molar-refractivity contribution in [2.24, 2.45) is 0 Å². The number of nitrogens with one attached hydrogen (secondary N) is 1. The Hall–Kier alpha value is -3.00. The minimum Gasteiger partial charge on any atom is -0.369 e. The quantitative estimate of drug-likeness (QED) is 0.479. The Morgan fingerprint density at radius 2 is 1.97 bits per heavy atom.